The number of rotatable bonds is 5. The number of hydrazine groups is 1. The Hall–Kier alpha value is -1.77. The van der Waals surface area contributed by atoms with Gasteiger partial charge in [0.25, 0.3) is 0 Å². The molecule has 0 bridgehead atoms. The van der Waals surface area contributed by atoms with E-state index in [1.165, 1.54) is 18.1 Å². The highest BCUT2D eigenvalue weighted by Gasteiger charge is 2.06. The summed E-state index contributed by atoms with van der Waals surface area (Å²) in [6.45, 7) is 0.326. The van der Waals surface area contributed by atoms with E-state index in [0.717, 1.165) is 10.1 Å². The summed E-state index contributed by atoms with van der Waals surface area (Å²) in [4.78, 5) is 16.5. The van der Waals surface area contributed by atoms with Crippen LogP contribution < -0.4 is 11.3 Å². The Balaban J connectivity index is 2.24. The van der Waals surface area contributed by atoms with Crippen LogP contribution in [-0.2, 0) is 11.3 Å². The van der Waals surface area contributed by atoms with Crippen LogP contribution in [0.1, 0.15) is 5.82 Å². The third-order valence-electron chi connectivity index (χ3n) is 1.93. The minimum absolute atomic E-state index is 0.326. The summed E-state index contributed by atoms with van der Waals surface area (Å²) in [7, 11) is 1.59. The van der Waals surface area contributed by atoms with Gasteiger partial charge in [-0.1, -0.05) is 0 Å². The van der Waals surface area contributed by atoms with E-state index in [1.54, 1.807) is 25.4 Å². The van der Waals surface area contributed by atoms with Crippen molar-refractivity contribution in [3.8, 4) is 0 Å². The van der Waals surface area contributed by atoms with Gasteiger partial charge in [0.15, 0.2) is 5.82 Å². The maximum Gasteiger partial charge on any atom is 0.157 e. The highest BCUT2D eigenvalue weighted by molar-refractivity contribution is 7.99. The van der Waals surface area contributed by atoms with Crippen LogP contribution in [0.25, 0.3) is 0 Å². The second kappa shape index (κ2) is 6.24. The Kier molecular flexibility index (Phi) is 4.40. The van der Waals surface area contributed by atoms with Crippen molar-refractivity contribution in [2.75, 3.05) is 12.5 Å². The number of nitrogen functional groups attached to an aromatic ring is 1. The molecule has 0 aromatic carbocycles. The molecule has 0 aliphatic carbocycles. The predicted molar refractivity (Wildman–Crippen MR) is 66.7 cm³/mol. The largest absolute Gasteiger partial charge is 0.377 e. The number of nitrogens with zero attached hydrogens (tertiary/aromatic N) is 4. The Bertz CT molecular complexity index is 509. The molecule has 3 N–H and O–H groups in total. The van der Waals surface area contributed by atoms with Crippen molar-refractivity contribution in [3.63, 3.8) is 0 Å². The third-order valence-corrected chi connectivity index (χ3v) is 2.80. The minimum Gasteiger partial charge on any atom is -0.377 e. The number of hydrogen-bond acceptors (Lipinski definition) is 8. The molecule has 2 heterocycles. The van der Waals surface area contributed by atoms with E-state index >= 15 is 0 Å². The molecule has 0 fully saturated rings. The van der Waals surface area contributed by atoms with Gasteiger partial charge in [-0.3, -0.25) is 0 Å². The van der Waals surface area contributed by atoms with Gasteiger partial charge in [0.05, 0.1) is 0 Å². The number of anilines is 1. The standard InChI is InChI=1S/C10H12N6OS/c1-17-5-8-14-7(16-11)4-10(15-8)18-9-2-3-12-6-13-9/h2-4,6H,5,11H2,1H3,(H,14,15,16). The second-order valence-corrected chi connectivity index (χ2v) is 4.28. The summed E-state index contributed by atoms with van der Waals surface area (Å²) in [5.41, 5.74) is 2.50. The molecule has 2 aromatic heterocycles. The molecule has 0 atom stereocenters. The Morgan fingerprint density at radius 2 is 2.28 bits per heavy atom. The third kappa shape index (κ3) is 3.36. The Morgan fingerprint density at radius 3 is 2.94 bits per heavy atom. The summed E-state index contributed by atoms with van der Waals surface area (Å²) in [5.74, 6) is 6.46. The summed E-state index contributed by atoms with van der Waals surface area (Å²) in [6.07, 6.45) is 3.16. The van der Waals surface area contributed by atoms with Crippen molar-refractivity contribution in [1.29, 1.82) is 0 Å². The number of aromatic nitrogens is 4. The first-order valence-electron chi connectivity index (χ1n) is 5.09. The van der Waals surface area contributed by atoms with Crippen molar-refractivity contribution in [2.24, 2.45) is 5.84 Å². The summed E-state index contributed by atoms with van der Waals surface area (Å²) in [6, 6.07) is 3.55. The summed E-state index contributed by atoms with van der Waals surface area (Å²) >= 11 is 1.40. The normalized spacial score (nSPS) is 10.3. The van der Waals surface area contributed by atoms with Crippen LogP contribution in [0, 0.1) is 0 Å². The molecule has 0 saturated heterocycles. The molecule has 8 heteroatoms. The van der Waals surface area contributed by atoms with Crippen LogP contribution >= 0.6 is 11.8 Å². The van der Waals surface area contributed by atoms with Crippen LogP contribution in [0.4, 0.5) is 5.82 Å². The van der Waals surface area contributed by atoms with Gasteiger partial charge in [0.1, 0.15) is 28.8 Å². The predicted octanol–water partition coefficient (Wildman–Crippen LogP) is 0.850. The van der Waals surface area contributed by atoms with Gasteiger partial charge in [-0.2, -0.15) is 0 Å². The quantitative estimate of drug-likeness (QED) is 0.466. The molecule has 0 aliphatic heterocycles. The molecule has 0 amide bonds. The lowest BCUT2D eigenvalue weighted by atomic mass is 10.5. The molecule has 18 heavy (non-hydrogen) atoms. The SMILES string of the molecule is COCc1nc(NN)cc(Sc2ccncn2)n1. The molecule has 0 spiro atoms. The van der Waals surface area contributed by atoms with Crippen LogP contribution in [0.5, 0.6) is 0 Å². The van der Waals surface area contributed by atoms with Gasteiger partial charge in [0.2, 0.25) is 0 Å². The fraction of sp³-hybridized carbons (Fsp3) is 0.200. The van der Waals surface area contributed by atoms with E-state index in [2.05, 4.69) is 25.4 Å². The van der Waals surface area contributed by atoms with Gasteiger partial charge >= 0.3 is 0 Å². The van der Waals surface area contributed by atoms with E-state index in [0.29, 0.717) is 18.2 Å². The molecule has 0 saturated carbocycles. The number of methoxy groups -OCH3 is 1. The van der Waals surface area contributed by atoms with Gasteiger partial charge in [-0.15, -0.1) is 0 Å². The highest BCUT2D eigenvalue weighted by atomic mass is 32.2. The van der Waals surface area contributed by atoms with E-state index in [9.17, 15) is 0 Å². The average molecular weight is 264 g/mol. The van der Waals surface area contributed by atoms with Crippen molar-refractivity contribution < 1.29 is 4.74 Å². The van der Waals surface area contributed by atoms with Gasteiger partial charge in [-0.05, 0) is 17.8 Å². The van der Waals surface area contributed by atoms with Crippen LogP contribution in [0.2, 0.25) is 0 Å². The fourth-order valence-electron chi connectivity index (χ4n) is 1.24. The monoisotopic (exact) mass is 264 g/mol. The molecule has 0 radical (unpaired) electrons. The molecule has 7 nitrogen and oxygen atoms in total. The number of nitrogens with one attached hydrogen (secondary N) is 1. The van der Waals surface area contributed by atoms with Crippen LogP contribution in [0.3, 0.4) is 0 Å². The molecular weight excluding hydrogens is 252 g/mol. The maximum atomic E-state index is 5.36. The lowest BCUT2D eigenvalue weighted by molar-refractivity contribution is 0.177. The first-order chi connectivity index (χ1) is 8.81. The molecule has 2 rings (SSSR count). The van der Waals surface area contributed by atoms with Crippen molar-refractivity contribution >= 4 is 17.6 Å². The first kappa shape index (κ1) is 12.7. The number of nitrogens with two attached hydrogens (primary N) is 1. The van der Waals surface area contributed by atoms with Crippen molar-refractivity contribution in [2.45, 2.75) is 16.7 Å². The minimum atomic E-state index is 0.326. The zero-order valence-corrected chi connectivity index (χ0v) is 10.5. The number of ether oxygens (including phenoxy) is 1. The zero-order valence-electron chi connectivity index (χ0n) is 9.70. The van der Waals surface area contributed by atoms with Gasteiger partial charge in [-0.25, -0.2) is 25.8 Å². The highest BCUT2D eigenvalue weighted by Crippen LogP contribution is 2.25. The Morgan fingerprint density at radius 1 is 1.39 bits per heavy atom. The molecule has 94 valence electrons. The molecule has 0 unspecified atom stereocenters. The molecule has 2 aromatic rings. The van der Waals surface area contributed by atoms with Gasteiger partial charge < -0.3 is 10.2 Å². The zero-order chi connectivity index (χ0) is 12.8. The fourth-order valence-corrected chi connectivity index (χ4v) is 2.00. The topological polar surface area (TPSA) is 98.8 Å². The summed E-state index contributed by atoms with van der Waals surface area (Å²) < 4.78 is 5.00. The lowest BCUT2D eigenvalue weighted by Crippen LogP contribution is -2.11. The average Bonchev–Trinajstić information content (AvgIpc) is 2.40. The molecular formula is C10H12N6OS. The van der Waals surface area contributed by atoms with E-state index in [1.807, 2.05) is 0 Å². The summed E-state index contributed by atoms with van der Waals surface area (Å²) in [5, 5.41) is 1.54. The maximum absolute atomic E-state index is 5.36. The van der Waals surface area contributed by atoms with E-state index in [4.69, 9.17) is 10.6 Å². The molecule has 0 aliphatic rings. The van der Waals surface area contributed by atoms with E-state index < -0.39 is 0 Å². The lowest BCUT2D eigenvalue weighted by Gasteiger charge is -2.06. The van der Waals surface area contributed by atoms with Crippen molar-refractivity contribution in [1.82, 2.24) is 19.9 Å². The second-order valence-electron chi connectivity index (χ2n) is 3.23. The number of hydrogen-bond donors (Lipinski definition) is 2. The van der Waals surface area contributed by atoms with Crippen LogP contribution in [-0.4, -0.2) is 27.0 Å². The Labute approximate surface area is 108 Å². The van der Waals surface area contributed by atoms with Crippen molar-refractivity contribution in [3.05, 3.63) is 30.5 Å². The first-order valence-corrected chi connectivity index (χ1v) is 5.91. The van der Waals surface area contributed by atoms with Crippen LogP contribution in [0.15, 0.2) is 34.7 Å². The smallest absolute Gasteiger partial charge is 0.157 e. The van der Waals surface area contributed by atoms with E-state index in [-0.39, 0.29) is 0 Å². The van der Waals surface area contributed by atoms with Gasteiger partial charge in [0, 0.05) is 19.4 Å².